The fraction of sp³-hybridized carbons (Fsp3) is 0.348. The van der Waals surface area contributed by atoms with Crippen LogP contribution in [0.4, 0.5) is 4.79 Å². The minimum absolute atomic E-state index is 0.0135. The Morgan fingerprint density at radius 3 is 2.60 bits per heavy atom. The van der Waals surface area contributed by atoms with Crippen LogP contribution in [0.25, 0.3) is 10.9 Å². The zero-order chi connectivity index (χ0) is 20.9. The van der Waals surface area contributed by atoms with Crippen LogP contribution in [0.5, 0.6) is 0 Å². The fourth-order valence-corrected chi connectivity index (χ4v) is 3.84. The lowest BCUT2D eigenvalue weighted by Gasteiger charge is -2.34. The molecule has 2 N–H and O–H groups in total. The zero-order valence-electron chi connectivity index (χ0n) is 17.2. The second-order valence-corrected chi connectivity index (χ2v) is 7.70. The van der Waals surface area contributed by atoms with Crippen molar-refractivity contribution in [2.45, 2.75) is 19.9 Å². The Labute approximate surface area is 175 Å². The molecule has 156 valence electrons. The molecule has 1 aliphatic rings. The Morgan fingerprint density at radius 1 is 1.07 bits per heavy atom. The number of H-pyrrole nitrogens is 1. The van der Waals surface area contributed by atoms with Gasteiger partial charge in [-0.3, -0.25) is 9.69 Å². The molecule has 0 saturated carbocycles. The number of hydrogen-bond acceptors (Lipinski definition) is 4. The normalized spacial score (nSPS) is 14.8. The van der Waals surface area contributed by atoms with Crippen LogP contribution in [0.2, 0.25) is 0 Å². The number of carbonyl (C=O) groups excluding carboxylic acids is 1. The molecule has 1 saturated heterocycles. The molecular formula is C23H27N5O2. The number of hydrogen-bond donors (Lipinski definition) is 2. The number of benzene rings is 2. The molecule has 1 aliphatic heterocycles. The number of aromatic amines is 1. The van der Waals surface area contributed by atoms with E-state index in [1.54, 1.807) is 6.07 Å². The summed E-state index contributed by atoms with van der Waals surface area (Å²) in [4.78, 5) is 36.2. The number of piperazine rings is 1. The van der Waals surface area contributed by atoms with Gasteiger partial charge in [-0.1, -0.05) is 36.4 Å². The van der Waals surface area contributed by atoms with E-state index in [9.17, 15) is 9.59 Å². The standard InChI is InChI=1S/C23H27N5O2/c1-17-6-2-3-7-18(17)10-11-24-23(30)28-14-12-27(13-15-28)16-21-25-20-9-5-4-8-19(20)22(29)26-21/h2-9H,10-16H2,1H3,(H,24,30)(H,25,26,29). The molecular weight excluding hydrogens is 378 g/mol. The van der Waals surface area contributed by atoms with Crippen LogP contribution < -0.4 is 10.9 Å². The molecule has 2 heterocycles. The summed E-state index contributed by atoms with van der Waals surface area (Å²) in [5, 5.41) is 3.63. The van der Waals surface area contributed by atoms with Crippen molar-refractivity contribution in [1.29, 1.82) is 0 Å². The SMILES string of the molecule is Cc1ccccc1CCNC(=O)N1CCN(Cc2nc3ccccc3c(=O)[nH]2)CC1. The predicted octanol–water partition coefficient (Wildman–Crippen LogP) is 2.30. The lowest BCUT2D eigenvalue weighted by Crippen LogP contribution is -2.51. The summed E-state index contributed by atoms with van der Waals surface area (Å²) in [7, 11) is 0. The Kier molecular flexibility index (Phi) is 6.09. The van der Waals surface area contributed by atoms with Gasteiger partial charge in [-0.2, -0.15) is 0 Å². The van der Waals surface area contributed by atoms with Gasteiger partial charge in [0.2, 0.25) is 0 Å². The smallest absolute Gasteiger partial charge is 0.317 e. The maximum absolute atomic E-state index is 12.5. The van der Waals surface area contributed by atoms with Crippen molar-refractivity contribution in [2.24, 2.45) is 0 Å². The summed E-state index contributed by atoms with van der Waals surface area (Å²) < 4.78 is 0. The first-order valence-corrected chi connectivity index (χ1v) is 10.4. The van der Waals surface area contributed by atoms with Gasteiger partial charge in [-0.05, 0) is 36.6 Å². The van der Waals surface area contributed by atoms with Gasteiger partial charge in [0.1, 0.15) is 5.82 Å². The monoisotopic (exact) mass is 405 g/mol. The van der Waals surface area contributed by atoms with Crippen LogP contribution in [0.15, 0.2) is 53.3 Å². The average molecular weight is 406 g/mol. The molecule has 0 atom stereocenters. The zero-order valence-corrected chi connectivity index (χ0v) is 17.2. The Hall–Kier alpha value is -3.19. The van der Waals surface area contributed by atoms with E-state index in [0.29, 0.717) is 42.9 Å². The number of rotatable bonds is 5. The quantitative estimate of drug-likeness (QED) is 0.683. The number of nitrogens with one attached hydrogen (secondary N) is 2. The van der Waals surface area contributed by atoms with Crippen LogP contribution in [0.3, 0.4) is 0 Å². The predicted molar refractivity (Wildman–Crippen MR) is 117 cm³/mol. The number of aromatic nitrogens is 2. The van der Waals surface area contributed by atoms with Gasteiger partial charge in [0.15, 0.2) is 0 Å². The van der Waals surface area contributed by atoms with Crippen molar-refractivity contribution < 1.29 is 4.79 Å². The van der Waals surface area contributed by atoms with Crippen molar-refractivity contribution in [3.63, 3.8) is 0 Å². The highest BCUT2D eigenvalue weighted by atomic mass is 16.2. The molecule has 0 unspecified atom stereocenters. The highest BCUT2D eigenvalue weighted by Crippen LogP contribution is 2.10. The van der Waals surface area contributed by atoms with Crippen molar-refractivity contribution in [2.75, 3.05) is 32.7 Å². The van der Waals surface area contributed by atoms with Crippen LogP contribution in [-0.4, -0.2) is 58.5 Å². The number of para-hydroxylation sites is 1. The highest BCUT2D eigenvalue weighted by molar-refractivity contribution is 5.77. The molecule has 2 aromatic carbocycles. The number of carbonyl (C=O) groups is 1. The van der Waals surface area contributed by atoms with Crippen molar-refractivity contribution >= 4 is 16.9 Å². The topological polar surface area (TPSA) is 81.3 Å². The van der Waals surface area contributed by atoms with Gasteiger partial charge in [-0.15, -0.1) is 0 Å². The second-order valence-electron chi connectivity index (χ2n) is 7.70. The Balaban J connectivity index is 1.26. The number of urea groups is 1. The van der Waals surface area contributed by atoms with E-state index >= 15 is 0 Å². The lowest BCUT2D eigenvalue weighted by molar-refractivity contribution is 0.133. The second kappa shape index (κ2) is 9.09. The van der Waals surface area contributed by atoms with E-state index in [4.69, 9.17) is 0 Å². The van der Waals surface area contributed by atoms with Gasteiger partial charge < -0.3 is 15.2 Å². The minimum atomic E-state index is -0.109. The molecule has 7 heteroatoms. The van der Waals surface area contributed by atoms with Gasteiger partial charge in [0.25, 0.3) is 5.56 Å². The summed E-state index contributed by atoms with van der Waals surface area (Å²) in [6, 6.07) is 15.6. The van der Waals surface area contributed by atoms with E-state index in [1.807, 2.05) is 35.2 Å². The lowest BCUT2D eigenvalue weighted by atomic mass is 10.1. The van der Waals surface area contributed by atoms with E-state index in [2.05, 4.69) is 39.2 Å². The third-order valence-corrected chi connectivity index (χ3v) is 5.63. The molecule has 4 rings (SSSR count). The van der Waals surface area contributed by atoms with E-state index in [1.165, 1.54) is 11.1 Å². The van der Waals surface area contributed by atoms with Crippen molar-refractivity contribution in [1.82, 2.24) is 25.1 Å². The molecule has 3 aromatic rings. The minimum Gasteiger partial charge on any atom is -0.338 e. The van der Waals surface area contributed by atoms with Gasteiger partial charge in [-0.25, -0.2) is 9.78 Å². The number of nitrogens with zero attached hydrogens (tertiary/aromatic N) is 3. The molecule has 1 fully saturated rings. The molecule has 30 heavy (non-hydrogen) atoms. The van der Waals surface area contributed by atoms with Crippen LogP contribution in [-0.2, 0) is 13.0 Å². The third kappa shape index (κ3) is 4.68. The molecule has 1 aromatic heterocycles. The van der Waals surface area contributed by atoms with E-state index in [0.717, 1.165) is 19.5 Å². The van der Waals surface area contributed by atoms with Crippen LogP contribution >= 0.6 is 0 Å². The van der Waals surface area contributed by atoms with Gasteiger partial charge in [0, 0.05) is 32.7 Å². The first-order valence-electron chi connectivity index (χ1n) is 10.4. The first-order chi connectivity index (χ1) is 14.6. The van der Waals surface area contributed by atoms with Gasteiger partial charge >= 0.3 is 6.03 Å². The molecule has 2 amide bonds. The summed E-state index contributed by atoms with van der Waals surface area (Å²) in [5.41, 5.74) is 3.12. The van der Waals surface area contributed by atoms with Crippen LogP contribution in [0, 0.1) is 6.92 Å². The molecule has 0 radical (unpaired) electrons. The van der Waals surface area contributed by atoms with E-state index in [-0.39, 0.29) is 11.6 Å². The number of aryl methyl sites for hydroxylation is 1. The van der Waals surface area contributed by atoms with Crippen LogP contribution in [0.1, 0.15) is 17.0 Å². The summed E-state index contributed by atoms with van der Waals surface area (Å²) in [5.74, 6) is 0.662. The first kappa shape index (κ1) is 20.1. The maximum Gasteiger partial charge on any atom is 0.317 e. The maximum atomic E-state index is 12.5. The third-order valence-electron chi connectivity index (χ3n) is 5.63. The summed E-state index contributed by atoms with van der Waals surface area (Å²) in [6.07, 6.45) is 0.833. The number of amides is 2. The van der Waals surface area contributed by atoms with E-state index < -0.39 is 0 Å². The molecule has 0 bridgehead atoms. The Morgan fingerprint density at radius 2 is 1.80 bits per heavy atom. The molecule has 0 aliphatic carbocycles. The summed E-state index contributed by atoms with van der Waals surface area (Å²) >= 11 is 0. The fourth-order valence-electron chi connectivity index (χ4n) is 3.84. The largest absolute Gasteiger partial charge is 0.338 e. The number of fused-ring (bicyclic) bond motifs is 1. The average Bonchev–Trinajstić information content (AvgIpc) is 2.75. The van der Waals surface area contributed by atoms with Crippen molar-refractivity contribution in [3.8, 4) is 0 Å². The van der Waals surface area contributed by atoms with Crippen molar-refractivity contribution in [3.05, 3.63) is 75.8 Å². The highest BCUT2D eigenvalue weighted by Gasteiger charge is 2.21. The van der Waals surface area contributed by atoms with Gasteiger partial charge in [0.05, 0.1) is 17.4 Å². The summed E-state index contributed by atoms with van der Waals surface area (Å²) in [6.45, 7) is 6.12. The Bertz CT molecular complexity index is 1090. The molecule has 7 nitrogen and oxygen atoms in total. The molecule has 0 spiro atoms.